The van der Waals surface area contributed by atoms with E-state index in [-0.39, 0.29) is 0 Å². The van der Waals surface area contributed by atoms with Crippen molar-refractivity contribution in [1.82, 2.24) is 0 Å². The zero-order valence-corrected chi connectivity index (χ0v) is 8.38. The smallest absolute Gasteiger partial charge is 0.331 e. The van der Waals surface area contributed by atoms with Crippen LogP contribution in [-0.2, 0) is 4.79 Å². The Morgan fingerprint density at radius 2 is 2.00 bits per heavy atom. The molecule has 0 aliphatic heterocycles. The Bertz CT molecular complexity index is 310. The Hall–Kier alpha value is -1.05. The Balaban J connectivity index is 2.26. The second-order valence-corrected chi connectivity index (χ2v) is 4.09. The van der Waals surface area contributed by atoms with Gasteiger partial charge in [0.05, 0.1) is 0 Å². The molecule has 14 heavy (non-hydrogen) atoms. The number of carbonyl (C=O) groups is 1. The zero-order valence-electron chi connectivity index (χ0n) is 8.38. The molecule has 0 saturated heterocycles. The molecule has 2 aliphatic rings. The average molecular weight is 192 g/mol. The summed E-state index contributed by atoms with van der Waals surface area (Å²) in [5.41, 5.74) is 3.15. The zero-order chi connectivity index (χ0) is 9.97. The molecule has 0 aromatic rings. The van der Waals surface area contributed by atoms with Crippen molar-refractivity contribution < 1.29 is 9.90 Å². The molecule has 0 spiro atoms. The average Bonchev–Trinajstić information content (AvgIpc) is 2.67. The molecule has 0 unspecified atom stereocenters. The molecule has 0 fully saturated rings. The molecule has 0 saturated carbocycles. The largest absolute Gasteiger partial charge is 0.478 e. The molecule has 0 aromatic carbocycles. The maximum atomic E-state index is 11.0. The van der Waals surface area contributed by atoms with Gasteiger partial charge in [0.1, 0.15) is 0 Å². The van der Waals surface area contributed by atoms with Crippen molar-refractivity contribution in [2.24, 2.45) is 0 Å². The molecule has 2 rings (SSSR count). The molecular formula is C12H16O2. The minimum Gasteiger partial charge on any atom is -0.478 e. The van der Waals surface area contributed by atoms with Gasteiger partial charge in [0.25, 0.3) is 0 Å². The van der Waals surface area contributed by atoms with E-state index in [1.807, 2.05) is 0 Å². The van der Waals surface area contributed by atoms with Crippen LogP contribution in [0.5, 0.6) is 0 Å². The Labute approximate surface area is 84.3 Å². The van der Waals surface area contributed by atoms with Gasteiger partial charge in [0.2, 0.25) is 0 Å². The number of aliphatic carboxylic acids is 1. The first kappa shape index (κ1) is 9.50. The van der Waals surface area contributed by atoms with E-state index in [1.54, 1.807) is 0 Å². The molecule has 0 heterocycles. The highest BCUT2D eigenvalue weighted by Crippen LogP contribution is 2.35. The van der Waals surface area contributed by atoms with E-state index in [1.165, 1.54) is 18.4 Å². The molecule has 0 atom stereocenters. The van der Waals surface area contributed by atoms with Crippen molar-refractivity contribution in [2.75, 3.05) is 0 Å². The number of rotatable bonds is 2. The van der Waals surface area contributed by atoms with Crippen LogP contribution < -0.4 is 0 Å². The van der Waals surface area contributed by atoms with Crippen LogP contribution in [0.25, 0.3) is 0 Å². The fourth-order valence-electron chi connectivity index (χ4n) is 2.45. The van der Waals surface area contributed by atoms with Crippen LogP contribution in [0.2, 0.25) is 0 Å². The van der Waals surface area contributed by atoms with Crippen molar-refractivity contribution >= 4 is 5.97 Å². The summed E-state index contributed by atoms with van der Waals surface area (Å²) in [7, 11) is 0. The van der Waals surface area contributed by atoms with E-state index in [4.69, 9.17) is 5.11 Å². The van der Waals surface area contributed by atoms with E-state index in [0.29, 0.717) is 5.57 Å². The number of hydrogen-bond donors (Lipinski definition) is 1. The summed E-state index contributed by atoms with van der Waals surface area (Å²) in [5, 5.41) is 9.03. The standard InChI is InChI=1S/C12H16O2/c13-12(14)11-8-4-7-10(11)9-5-2-1-3-6-9/h5H,1-4,6-8H2,(H,13,14). The summed E-state index contributed by atoms with van der Waals surface area (Å²) in [6.45, 7) is 0. The molecule has 2 aliphatic carbocycles. The maximum absolute atomic E-state index is 11.0. The number of carboxylic acid groups (broad SMARTS) is 1. The normalized spacial score (nSPS) is 22.4. The summed E-state index contributed by atoms with van der Waals surface area (Å²) in [6, 6.07) is 0. The predicted octanol–water partition coefficient (Wildman–Crippen LogP) is 3.05. The molecule has 0 amide bonds. The van der Waals surface area contributed by atoms with Crippen LogP contribution in [0.4, 0.5) is 0 Å². The summed E-state index contributed by atoms with van der Waals surface area (Å²) < 4.78 is 0. The second-order valence-electron chi connectivity index (χ2n) is 4.09. The van der Waals surface area contributed by atoms with Gasteiger partial charge in [-0.05, 0) is 56.1 Å². The SMILES string of the molecule is O=C(O)C1=C(C2=CCCCC2)CCC1. The van der Waals surface area contributed by atoms with Gasteiger partial charge in [0, 0.05) is 5.57 Å². The number of carboxylic acids is 1. The monoisotopic (exact) mass is 192 g/mol. The fourth-order valence-corrected chi connectivity index (χ4v) is 2.45. The lowest BCUT2D eigenvalue weighted by atomic mass is 9.91. The Morgan fingerprint density at radius 1 is 1.14 bits per heavy atom. The van der Waals surface area contributed by atoms with Gasteiger partial charge >= 0.3 is 5.97 Å². The predicted molar refractivity (Wildman–Crippen MR) is 55.1 cm³/mol. The van der Waals surface area contributed by atoms with Crippen molar-refractivity contribution in [3.05, 3.63) is 22.8 Å². The van der Waals surface area contributed by atoms with Crippen LogP contribution in [0.15, 0.2) is 22.8 Å². The van der Waals surface area contributed by atoms with Gasteiger partial charge in [-0.2, -0.15) is 0 Å². The Kier molecular flexibility index (Phi) is 2.71. The van der Waals surface area contributed by atoms with Crippen LogP contribution in [0.3, 0.4) is 0 Å². The van der Waals surface area contributed by atoms with Crippen LogP contribution in [-0.4, -0.2) is 11.1 Å². The first-order valence-electron chi connectivity index (χ1n) is 5.44. The molecule has 0 radical (unpaired) electrons. The number of allylic oxidation sites excluding steroid dienone is 3. The molecule has 0 bridgehead atoms. The topological polar surface area (TPSA) is 37.3 Å². The molecule has 76 valence electrons. The molecular weight excluding hydrogens is 176 g/mol. The van der Waals surface area contributed by atoms with Gasteiger partial charge in [-0.25, -0.2) is 4.79 Å². The van der Waals surface area contributed by atoms with Crippen molar-refractivity contribution in [3.63, 3.8) is 0 Å². The van der Waals surface area contributed by atoms with E-state index in [2.05, 4.69) is 6.08 Å². The summed E-state index contributed by atoms with van der Waals surface area (Å²) >= 11 is 0. The van der Waals surface area contributed by atoms with Gasteiger partial charge in [-0.3, -0.25) is 0 Å². The third-order valence-electron chi connectivity index (χ3n) is 3.15. The minimum absolute atomic E-state index is 0.679. The van der Waals surface area contributed by atoms with Crippen molar-refractivity contribution in [2.45, 2.75) is 44.9 Å². The van der Waals surface area contributed by atoms with E-state index in [0.717, 1.165) is 37.7 Å². The Morgan fingerprint density at radius 3 is 2.64 bits per heavy atom. The highest BCUT2D eigenvalue weighted by Gasteiger charge is 2.22. The van der Waals surface area contributed by atoms with E-state index >= 15 is 0 Å². The first-order chi connectivity index (χ1) is 6.79. The van der Waals surface area contributed by atoms with E-state index in [9.17, 15) is 4.79 Å². The van der Waals surface area contributed by atoms with Crippen LogP contribution in [0.1, 0.15) is 44.9 Å². The van der Waals surface area contributed by atoms with Crippen molar-refractivity contribution in [3.8, 4) is 0 Å². The van der Waals surface area contributed by atoms with Crippen LogP contribution in [0, 0.1) is 0 Å². The lowest BCUT2D eigenvalue weighted by Crippen LogP contribution is -2.03. The van der Waals surface area contributed by atoms with Crippen molar-refractivity contribution in [1.29, 1.82) is 0 Å². The fraction of sp³-hybridized carbons (Fsp3) is 0.583. The highest BCUT2D eigenvalue weighted by atomic mass is 16.4. The highest BCUT2D eigenvalue weighted by molar-refractivity contribution is 5.89. The molecule has 2 heteroatoms. The summed E-state index contributed by atoms with van der Waals surface area (Å²) in [6.07, 6.45) is 9.72. The molecule has 0 aromatic heterocycles. The summed E-state index contributed by atoms with van der Waals surface area (Å²) in [5.74, 6) is -0.705. The van der Waals surface area contributed by atoms with Gasteiger partial charge in [-0.15, -0.1) is 0 Å². The lowest BCUT2D eigenvalue weighted by Gasteiger charge is -2.14. The minimum atomic E-state index is -0.705. The lowest BCUT2D eigenvalue weighted by molar-refractivity contribution is -0.132. The quantitative estimate of drug-likeness (QED) is 0.730. The second kappa shape index (κ2) is 3.99. The van der Waals surface area contributed by atoms with Gasteiger partial charge in [0.15, 0.2) is 0 Å². The third kappa shape index (κ3) is 1.74. The number of hydrogen-bond acceptors (Lipinski definition) is 1. The summed E-state index contributed by atoms with van der Waals surface area (Å²) in [4.78, 5) is 11.0. The van der Waals surface area contributed by atoms with E-state index < -0.39 is 5.97 Å². The first-order valence-corrected chi connectivity index (χ1v) is 5.44. The molecule has 2 nitrogen and oxygen atoms in total. The van der Waals surface area contributed by atoms with Gasteiger partial charge < -0.3 is 5.11 Å². The molecule has 1 N–H and O–H groups in total. The maximum Gasteiger partial charge on any atom is 0.331 e. The van der Waals surface area contributed by atoms with Crippen LogP contribution >= 0.6 is 0 Å². The van der Waals surface area contributed by atoms with Gasteiger partial charge in [-0.1, -0.05) is 6.08 Å². The third-order valence-corrected chi connectivity index (χ3v) is 3.15.